The molecule has 1 fully saturated rings. The smallest absolute Gasteiger partial charge is 0.108 e. The maximum atomic E-state index is 9.02. The Morgan fingerprint density at radius 2 is 2.00 bits per heavy atom. The molecule has 0 atom stereocenters. The van der Waals surface area contributed by atoms with Crippen LogP contribution in [0.1, 0.15) is 69.1 Å². The van der Waals surface area contributed by atoms with Gasteiger partial charge in [0.25, 0.3) is 0 Å². The van der Waals surface area contributed by atoms with E-state index in [1.165, 1.54) is 43.5 Å². The zero-order valence-electron chi connectivity index (χ0n) is 11.7. The lowest BCUT2D eigenvalue weighted by molar-refractivity contribution is 0.297. The fourth-order valence-corrected chi connectivity index (χ4v) is 3.02. The number of nitrogens with one attached hydrogen (secondary N) is 1. The third-order valence-electron chi connectivity index (χ3n) is 3.97. The van der Waals surface area contributed by atoms with Gasteiger partial charge in [-0.15, -0.1) is 0 Å². The van der Waals surface area contributed by atoms with Gasteiger partial charge in [-0.3, -0.25) is 0 Å². The second-order valence-corrected chi connectivity index (χ2v) is 5.88. The number of H-pyrrole nitrogens is 1. The zero-order chi connectivity index (χ0) is 13.0. The Bertz CT molecular complexity index is 365. The molecule has 0 saturated heterocycles. The quantitative estimate of drug-likeness (QED) is 0.843. The summed E-state index contributed by atoms with van der Waals surface area (Å²) in [5, 5.41) is 9.02. The predicted molar refractivity (Wildman–Crippen MR) is 73.7 cm³/mol. The first-order valence-corrected chi connectivity index (χ1v) is 7.39. The van der Waals surface area contributed by atoms with Gasteiger partial charge in [0, 0.05) is 12.1 Å². The van der Waals surface area contributed by atoms with E-state index in [0.717, 1.165) is 18.2 Å². The summed E-state index contributed by atoms with van der Waals surface area (Å²) in [5.74, 6) is 2.25. The van der Waals surface area contributed by atoms with Crippen LogP contribution in [-0.4, -0.2) is 21.7 Å². The fraction of sp³-hybridized carbons (Fsp3) is 0.800. The van der Waals surface area contributed by atoms with E-state index < -0.39 is 0 Å². The summed E-state index contributed by atoms with van der Waals surface area (Å²) in [6.45, 7) is 4.57. The normalized spacial score (nSPS) is 17.6. The third-order valence-corrected chi connectivity index (χ3v) is 3.97. The molecule has 1 aromatic heterocycles. The molecule has 1 aliphatic carbocycles. The maximum Gasteiger partial charge on any atom is 0.108 e. The van der Waals surface area contributed by atoms with E-state index >= 15 is 0 Å². The summed E-state index contributed by atoms with van der Waals surface area (Å²) in [4.78, 5) is 8.09. The first-order valence-electron chi connectivity index (χ1n) is 7.39. The van der Waals surface area contributed by atoms with Crippen LogP contribution in [-0.2, 0) is 12.8 Å². The molecule has 102 valence electrons. The van der Waals surface area contributed by atoms with Crippen molar-refractivity contribution in [1.82, 2.24) is 9.97 Å². The summed E-state index contributed by atoms with van der Waals surface area (Å²) in [6, 6.07) is 0. The van der Waals surface area contributed by atoms with Crippen LogP contribution in [0.15, 0.2) is 0 Å². The fourth-order valence-electron chi connectivity index (χ4n) is 3.02. The van der Waals surface area contributed by atoms with Gasteiger partial charge < -0.3 is 10.1 Å². The average Bonchev–Trinajstić information content (AvgIpc) is 2.74. The van der Waals surface area contributed by atoms with Crippen LogP contribution < -0.4 is 0 Å². The molecule has 2 rings (SSSR count). The Labute approximate surface area is 110 Å². The lowest BCUT2D eigenvalue weighted by Crippen LogP contribution is -2.11. The van der Waals surface area contributed by atoms with Crippen LogP contribution in [0, 0.1) is 5.92 Å². The Kier molecular flexibility index (Phi) is 4.81. The highest BCUT2D eigenvalue weighted by Gasteiger charge is 2.19. The minimum absolute atomic E-state index is 0.175. The molecule has 0 aromatic carbocycles. The van der Waals surface area contributed by atoms with Crippen molar-refractivity contribution < 1.29 is 5.11 Å². The summed E-state index contributed by atoms with van der Waals surface area (Å²) in [7, 11) is 0. The van der Waals surface area contributed by atoms with Crippen LogP contribution in [0.4, 0.5) is 0 Å². The Morgan fingerprint density at radius 1 is 1.28 bits per heavy atom. The van der Waals surface area contributed by atoms with Gasteiger partial charge in [-0.1, -0.05) is 46.0 Å². The van der Waals surface area contributed by atoms with Crippen molar-refractivity contribution in [2.24, 2.45) is 5.92 Å². The Hall–Kier alpha value is -0.830. The summed E-state index contributed by atoms with van der Waals surface area (Å²) < 4.78 is 0. The van der Waals surface area contributed by atoms with Crippen molar-refractivity contribution in [2.45, 2.75) is 64.7 Å². The molecule has 0 aliphatic heterocycles. The third kappa shape index (κ3) is 3.35. The second-order valence-electron chi connectivity index (χ2n) is 5.88. The van der Waals surface area contributed by atoms with Gasteiger partial charge >= 0.3 is 0 Å². The van der Waals surface area contributed by atoms with Gasteiger partial charge in [-0.25, -0.2) is 4.98 Å². The van der Waals surface area contributed by atoms with E-state index in [4.69, 9.17) is 5.11 Å². The van der Waals surface area contributed by atoms with Crippen LogP contribution in [0.3, 0.4) is 0 Å². The highest BCUT2D eigenvalue weighted by Crippen LogP contribution is 2.29. The lowest BCUT2D eigenvalue weighted by Gasteiger charge is -2.21. The zero-order valence-corrected chi connectivity index (χ0v) is 11.7. The number of hydrogen-bond acceptors (Lipinski definition) is 2. The maximum absolute atomic E-state index is 9.02. The van der Waals surface area contributed by atoms with Gasteiger partial charge in [-0.05, 0) is 18.3 Å². The van der Waals surface area contributed by atoms with E-state index in [-0.39, 0.29) is 6.61 Å². The Morgan fingerprint density at radius 3 is 2.61 bits per heavy atom. The standard InChI is InChI=1S/C15H26N2O/c1-11(2)15-13(16-14(17-15)8-9-18)10-12-6-4-3-5-7-12/h11-12,18H,3-10H2,1-2H3,(H,16,17). The summed E-state index contributed by atoms with van der Waals surface area (Å²) in [5.41, 5.74) is 2.53. The molecule has 0 bridgehead atoms. The molecule has 0 amide bonds. The first kappa shape index (κ1) is 13.6. The number of imidazole rings is 1. The van der Waals surface area contributed by atoms with Crippen LogP contribution in [0.2, 0.25) is 0 Å². The molecule has 2 N–H and O–H groups in total. The van der Waals surface area contributed by atoms with Crippen molar-refractivity contribution in [1.29, 1.82) is 0 Å². The van der Waals surface area contributed by atoms with E-state index in [1.807, 2.05) is 0 Å². The first-order chi connectivity index (χ1) is 8.70. The number of aromatic nitrogens is 2. The molecule has 0 unspecified atom stereocenters. The molecule has 18 heavy (non-hydrogen) atoms. The van der Waals surface area contributed by atoms with E-state index in [1.54, 1.807) is 0 Å². The van der Waals surface area contributed by atoms with Gasteiger partial charge in [0.15, 0.2) is 0 Å². The Balaban J connectivity index is 2.08. The molecule has 1 aromatic rings. The van der Waals surface area contributed by atoms with Crippen LogP contribution in [0.5, 0.6) is 0 Å². The highest BCUT2D eigenvalue weighted by molar-refractivity contribution is 5.19. The topological polar surface area (TPSA) is 48.9 Å². The summed E-state index contributed by atoms with van der Waals surface area (Å²) in [6.07, 6.45) is 8.71. The minimum atomic E-state index is 0.175. The second kappa shape index (κ2) is 6.37. The van der Waals surface area contributed by atoms with Crippen molar-refractivity contribution in [3.05, 3.63) is 17.2 Å². The number of hydrogen-bond donors (Lipinski definition) is 2. The van der Waals surface area contributed by atoms with Crippen LogP contribution >= 0.6 is 0 Å². The average molecular weight is 250 g/mol. The molecule has 3 nitrogen and oxygen atoms in total. The van der Waals surface area contributed by atoms with E-state index in [2.05, 4.69) is 23.8 Å². The SMILES string of the molecule is CC(C)c1nc(CCO)[nH]c1CC1CCCCC1. The molecular formula is C15H26N2O. The molecule has 0 radical (unpaired) electrons. The van der Waals surface area contributed by atoms with Crippen LogP contribution in [0.25, 0.3) is 0 Å². The van der Waals surface area contributed by atoms with Crippen molar-refractivity contribution in [3.63, 3.8) is 0 Å². The molecule has 1 saturated carbocycles. The minimum Gasteiger partial charge on any atom is -0.396 e. The molecule has 1 heterocycles. The number of aliphatic hydroxyl groups excluding tert-OH is 1. The van der Waals surface area contributed by atoms with E-state index in [9.17, 15) is 0 Å². The van der Waals surface area contributed by atoms with Crippen molar-refractivity contribution in [3.8, 4) is 0 Å². The number of aliphatic hydroxyl groups is 1. The number of nitrogens with zero attached hydrogens (tertiary/aromatic N) is 1. The largest absolute Gasteiger partial charge is 0.396 e. The lowest BCUT2D eigenvalue weighted by atomic mass is 9.85. The molecule has 1 aliphatic rings. The molecular weight excluding hydrogens is 224 g/mol. The monoisotopic (exact) mass is 250 g/mol. The van der Waals surface area contributed by atoms with Gasteiger partial charge in [0.05, 0.1) is 12.3 Å². The van der Waals surface area contributed by atoms with Gasteiger partial charge in [0.1, 0.15) is 5.82 Å². The van der Waals surface area contributed by atoms with Crippen molar-refractivity contribution >= 4 is 0 Å². The highest BCUT2D eigenvalue weighted by atomic mass is 16.3. The molecule has 3 heteroatoms. The van der Waals surface area contributed by atoms with Gasteiger partial charge in [-0.2, -0.15) is 0 Å². The summed E-state index contributed by atoms with van der Waals surface area (Å²) >= 11 is 0. The van der Waals surface area contributed by atoms with Gasteiger partial charge in [0.2, 0.25) is 0 Å². The van der Waals surface area contributed by atoms with E-state index in [0.29, 0.717) is 12.3 Å². The number of aromatic amines is 1. The number of rotatable bonds is 5. The molecule has 0 spiro atoms. The van der Waals surface area contributed by atoms with Crippen molar-refractivity contribution in [2.75, 3.05) is 6.61 Å². The predicted octanol–water partition coefficient (Wildman–Crippen LogP) is 3.19.